The Balaban J connectivity index is 1.54. The number of carbonyl (C=O) groups excluding carboxylic acids is 1. The first-order valence-electron chi connectivity index (χ1n) is 10.1. The highest BCUT2D eigenvalue weighted by Crippen LogP contribution is 2.27. The van der Waals surface area contributed by atoms with Crippen molar-refractivity contribution in [2.75, 3.05) is 20.1 Å². The van der Waals surface area contributed by atoms with Gasteiger partial charge in [-0.2, -0.15) is 0 Å². The number of hydrogen-bond donors (Lipinski definition) is 2. The van der Waals surface area contributed by atoms with Crippen molar-refractivity contribution in [1.82, 2.24) is 15.1 Å². The van der Waals surface area contributed by atoms with Gasteiger partial charge in [0.05, 0.1) is 6.54 Å². The first kappa shape index (κ1) is 20.9. The molecule has 0 saturated heterocycles. The molecule has 1 saturated carbocycles. The topological polar surface area (TPSA) is 72.9 Å². The lowest BCUT2D eigenvalue weighted by Crippen LogP contribution is -2.56. The van der Waals surface area contributed by atoms with Crippen LogP contribution in [-0.2, 0) is 11.3 Å². The van der Waals surface area contributed by atoms with Gasteiger partial charge in [0.15, 0.2) is 0 Å². The highest BCUT2D eigenvalue weighted by Gasteiger charge is 2.35. The van der Waals surface area contributed by atoms with Gasteiger partial charge in [0.2, 0.25) is 0 Å². The molecular weight excluding hydrogens is 366 g/mol. The molecule has 1 aliphatic carbocycles. The van der Waals surface area contributed by atoms with Crippen molar-refractivity contribution < 1.29 is 14.7 Å². The standard InChI is InChI=1S/C23H29N3O3/c1-3-26(16-22(27)28)20-13-19(14-20)24-23(29)25(2)15-18-11-7-8-12-21(18)17-9-5-4-6-10-17/h4-12,19-20H,3,13-16H2,1-2H3,(H,24,29)(H,27,28). The summed E-state index contributed by atoms with van der Waals surface area (Å²) in [5.74, 6) is -0.809. The van der Waals surface area contributed by atoms with Gasteiger partial charge in [0.1, 0.15) is 0 Å². The van der Waals surface area contributed by atoms with Crippen molar-refractivity contribution in [3.63, 3.8) is 0 Å². The number of carboxylic acid groups (broad SMARTS) is 1. The first-order chi connectivity index (χ1) is 14.0. The number of amides is 2. The van der Waals surface area contributed by atoms with Gasteiger partial charge in [0.25, 0.3) is 0 Å². The second-order valence-electron chi connectivity index (χ2n) is 7.61. The summed E-state index contributed by atoms with van der Waals surface area (Å²) in [6.45, 7) is 3.24. The molecule has 2 aromatic carbocycles. The smallest absolute Gasteiger partial charge is 0.317 e. The first-order valence-corrected chi connectivity index (χ1v) is 10.1. The normalized spacial score (nSPS) is 18.2. The molecule has 1 fully saturated rings. The summed E-state index contributed by atoms with van der Waals surface area (Å²) in [5, 5.41) is 12.1. The Morgan fingerprint density at radius 1 is 1.07 bits per heavy atom. The van der Waals surface area contributed by atoms with Crippen LogP contribution in [0.4, 0.5) is 4.79 Å². The largest absolute Gasteiger partial charge is 0.480 e. The Morgan fingerprint density at radius 3 is 2.38 bits per heavy atom. The number of aliphatic carboxylic acids is 1. The molecule has 3 rings (SSSR count). The summed E-state index contributed by atoms with van der Waals surface area (Å²) >= 11 is 0. The molecule has 1 aliphatic rings. The summed E-state index contributed by atoms with van der Waals surface area (Å²) < 4.78 is 0. The summed E-state index contributed by atoms with van der Waals surface area (Å²) in [4.78, 5) is 27.2. The molecule has 2 N–H and O–H groups in total. The van der Waals surface area contributed by atoms with E-state index in [1.54, 1.807) is 11.9 Å². The van der Waals surface area contributed by atoms with Crippen molar-refractivity contribution in [3.05, 3.63) is 60.2 Å². The van der Waals surface area contributed by atoms with E-state index in [-0.39, 0.29) is 24.7 Å². The van der Waals surface area contributed by atoms with Crippen LogP contribution in [0.25, 0.3) is 11.1 Å². The minimum atomic E-state index is -0.809. The lowest BCUT2D eigenvalue weighted by atomic mass is 9.85. The maximum Gasteiger partial charge on any atom is 0.317 e. The lowest BCUT2D eigenvalue weighted by Gasteiger charge is -2.42. The molecular formula is C23H29N3O3. The molecule has 154 valence electrons. The maximum absolute atomic E-state index is 12.6. The maximum atomic E-state index is 12.6. The molecule has 2 amide bonds. The van der Waals surface area contributed by atoms with E-state index in [9.17, 15) is 9.59 Å². The fraction of sp³-hybridized carbons (Fsp3) is 0.391. The van der Waals surface area contributed by atoms with Gasteiger partial charge in [0, 0.05) is 25.7 Å². The zero-order valence-electron chi connectivity index (χ0n) is 17.0. The second-order valence-corrected chi connectivity index (χ2v) is 7.61. The van der Waals surface area contributed by atoms with Crippen LogP contribution >= 0.6 is 0 Å². The van der Waals surface area contributed by atoms with E-state index in [0.29, 0.717) is 13.1 Å². The van der Waals surface area contributed by atoms with Crippen molar-refractivity contribution in [3.8, 4) is 11.1 Å². The van der Waals surface area contributed by atoms with Crippen molar-refractivity contribution in [1.29, 1.82) is 0 Å². The van der Waals surface area contributed by atoms with E-state index in [0.717, 1.165) is 29.5 Å². The molecule has 0 heterocycles. The Bertz CT molecular complexity index is 834. The summed E-state index contributed by atoms with van der Waals surface area (Å²) in [6.07, 6.45) is 1.59. The predicted molar refractivity (Wildman–Crippen MR) is 114 cm³/mol. The van der Waals surface area contributed by atoms with Gasteiger partial charge in [-0.05, 0) is 36.1 Å². The monoisotopic (exact) mass is 395 g/mol. The number of hydrogen-bond acceptors (Lipinski definition) is 3. The molecule has 0 spiro atoms. The summed E-state index contributed by atoms with van der Waals surface area (Å²) in [7, 11) is 1.80. The number of urea groups is 1. The Labute approximate surface area is 172 Å². The van der Waals surface area contributed by atoms with E-state index < -0.39 is 5.97 Å². The van der Waals surface area contributed by atoms with Gasteiger partial charge < -0.3 is 15.3 Å². The molecule has 0 atom stereocenters. The van der Waals surface area contributed by atoms with Crippen LogP contribution in [0.15, 0.2) is 54.6 Å². The average molecular weight is 396 g/mol. The van der Waals surface area contributed by atoms with Crippen LogP contribution in [0.5, 0.6) is 0 Å². The molecule has 0 aromatic heterocycles. The number of nitrogens with one attached hydrogen (secondary N) is 1. The summed E-state index contributed by atoms with van der Waals surface area (Å²) in [6, 6.07) is 18.5. The zero-order chi connectivity index (χ0) is 20.8. The Morgan fingerprint density at radius 2 is 1.72 bits per heavy atom. The minimum Gasteiger partial charge on any atom is -0.480 e. The van der Waals surface area contributed by atoms with Crippen LogP contribution in [0.2, 0.25) is 0 Å². The average Bonchev–Trinajstić information content (AvgIpc) is 2.69. The van der Waals surface area contributed by atoms with E-state index in [4.69, 9.17) is 5.11 Å². The predicted octanol–water partition coefficient (Wildman–Crippen LogP) is 3.43. The number of carboxylic acids is 1. The van der Waals surface area contributed by atoms with Gasteiger partial charge in [-0.25, -0.2) is 4.79 Å². The summed E-state index contributed by atoms with van der Waals surface area (Å²) in [5.41, 5.74) is 3.36. The SMILES string of the molecule is CCN(CC(=O)O)C1CC(NC(=O)N(C)Cc2ccccc2-c2ccccc2)C1. The van der Waals surface area contributed by atoms with E-state index in [1.165, 1.54) is 0 Å². The van der Waals surface area contributed by atoms with Crippen LogP contribution in [0.1, 0.15) is 25.3 Å². The Kier molecular flexibility index (Phi) is 6.88. The molecule has 0 radical (unpaired) electrons. The molecule has 0 unspecified atom stereocenters. The third kappa shape index (κ3) is 5.35. The molecule has 0 bridgehead atoms. The molecule has 6 heteroatoms. The quantitative estimate of drug-likeness (QED) is 0.718. The van der Waals surface area contributed by atoms with E-state index >= 15 is 0 Å². The van der Waals surface area contributed by atoms with Gasteiger partial charge in [-0.1, -0.05) is 61.5 Å². The number of carbonyl (C=O) groups is 2. The zero-order valence-corrected chi connectivity index (χ0v) is 17.0. The van der Waals surface area contributed by atoms with E-state index in [2.05, 4.69) is 29.6 Å². The van der Waals surface area contributed by atoms with Crippen LogP contribution in [-0.4, -0.2) is 59.1 Å². The second kappa shape index (κ2) is 9.56. The Hall–Kier alpha value is -2.86. The number of benzene rings is 2. The van der Waals surface area contributed by atoms with Gasteiger partial charge >= 0.3 is 12.0 Å². The van der Waals surface area contributed by atoms with Crippen molar-refractivity contribution in [2.24, 2.45) is 0 Å². The van der Waals surface area contributed by atoms with Crippen LogP contribution in [0, 0.1) is 0 Å². The third-order valence-electron chi connectivity index (χ3n) is 5.56. The number of rotatable bonds is 8. The molecule has 2 aromatic rings. The van der Waals surface area contributed by atoms with Gasteiger partial charge in [-0.15, -0.1) is 0 Å². The highest BCUT2D eigenvalue weighted by molar-refractivity contribution is 5.75. The number of likely N-dealkylation sites (N-methyl/N-ethyl adjacent to an activating group) is 1. The molecule has 29 heavy (non-hydrogen) atoms. The lowest BCUT2D eigenvalue weighted by molar-refractivity contribution is -0.139. The van der Waals surface area contributed by atoms with E-state index in [1.807, 2.05) is 42.2 Å². The molecule has 6 nitrogen and oxygen atoms in total. The molecule has 0 aliphatic heterocycles. The minimum absolute atomic E-state index is 0.0536. The van der Waals surface area contributed by atoms with Crippen LogP contribution in [0.3, 0.4) is 0 Å². The third-order valence-corrected chi connectivity index (χ3v) is 5.56. The van der Waals surface area contributed by atoms with Gasteiger partial charge in [-0.3, -0.25) is 9.69 Å². The van der Waals surface area contributed by atoms with Crippen LogP contribution < -0.4 is 5.32 Å². The highest BCUT2D eigenvalue weighted by atomic mass is 16.4. The van der Waals surface area contributed by atoms with Crippen molar-refractivity contribution >= 4 is 12.0 Å². The van der Waals surface area contributed by atoms with Crippen molar-refractivity contribution in [2.45, 2.75) is 38.4 Å². The fourth-order valence-corrected chi connectivity index (χ4v) is 3.85. The fourth-order valence-electron chi connectivity index (χ4n) is 3.85. The number of nitrogens with zero attached hydrogens (tertiary/aromatic N) is 2.